The van der Waals surface area contributed by atoms with Crippen molar-refractivity contribution in [2.24, 2.45) is 17.3 Å². The first-order valence-corrected chi connectivity index (χ1v) is 8.22. The van der Waals surface area contributed by atoms with Gasteiger partial charge in [0.25, 0.3) is 0 Å². The molecule has 2 N–H and O–H groups in total. The van der Waals surface area contributed by atoms with Crippen molar-refractivity contribution in [1.29, 1.82) is 0 Å². The van der Waals surface area contributed by atoms with Crippen molar-refractivity contribution >= 4 is 5.97 Å². The van der Waals surface area contributed by atoms with Crippen molar-refractivity contribution in [3.8, 4) is 11.5 Å². The number of phenols is 2. The molecule has 1 aliphatic heterocycles. The maximum atomic E-state index is 12.3. The Labute approximate surface area is 130 Å². The van der Waals surface area contributed by atoms with Gasteiger partial charge in [0, 0.05) is 0 Å². The fourth-order valence-electron chi connectivity index (χ4n) is 5.15. The van der Waals surface area contributed by atoms with Gasteiger partial charge in [-0.25, -0.2) is 0 Å². The number of phenolic OH excluding ortho intramolecular Hbond substituents is 2. The van der Waals surface area contributed by atoms with Gasteiger partial charge in [-0.3, -0.25) is 4.79 Å². The Balaban J connectivity index is 1.73. The van der Waals surface area contributed by atoms with Crippen molar-refractivity contribution in [1.82, 2.24) is 0 Å². The highest BCUT2D eigenvalue weighted by Crippen LogP contribution is 2.58. The van der Waals surface area contributed by atoms with Gasteiger partial charge in [0.05, 0.1) is 12.0 Å². The Morgan fingerprint density at radius 3 is 2.77 bits per heavy atom. The van der Waals surface area contributed by atoms with Crippen molar-refractivity contribution in [2.75, 3.05) is 6.61 Å². The van der Waals surface area contributed by atoms with Gasteiger partial charge in [-0.05, 0) is 80.0 Å². The largest absolute Gasteiger partial charge is 0.504 e. The third-order valence-corrected chi connectivity index (χ3v) is 6.34. The summed E-state index contributed by atoms with van der Waals surface area (Å²) in [7, 11) is 0. The number of cyclic esters (lactones) is 1. The highest BCUT2D eigenvalue weighted by atomic mass is 16.5. The first-order valence-electron chi connectivity index (χ1n) is 8.22. The van der Waals surface area contributed by atoms with E-state index in [4.69, 9.17) is 4.74 Å². The number of ether oxygens (including phenoxy) is 1. The number of carbonyl (C=O) groups is 1. The molecule has 1 heterocycles. The van der Waals surface area contributed by atoms with E-state index in [0.717, 1.165) is 37.7 Å². The van der Waals surface area contributed by atoms with Crippen LogP contribution < -0.4 is 0 Å². The van der Waals surface area contributed by atoms with Gasteiger partial charge in [-0.15, -0.1) is 0 Å². The fourth-order valence-corrected chi connectivity index (χ4v) is 5.15. The van der Waals surface area contributed by atoms with Gasteiger partial charge in [0.15, 0.2) is 11.5 Å². The zero-order valence-electron chi connectivity index (χ0n) is 12.8. The van der Waals surface area contributed by atoms with Crippen LogP contribution >= 0.6 is 0 Å². The molecule has 0 aromatic heterocycles. The predicted molar refractivity (Wildman–Crippen MR) is 80.7 cm³/mol. The maximum absolute atomic E-state index is 12.3. The number of hydrogen-bond acceptors (Lipinski definition) is 4. The van der Waals surface area contributed by atoms with Crippen LogP contribution in [0.2, 0.25) is 0 Å². The lowest BCUT2D eigenvalue weighted by Gasteiger charge is -2.52. The number of benzene rings is 1. The summed E-state index contributed by atoms with van der Waals surface area (Å²) in [6, 6.07) is 3.45. The van der Waals surface area contributed by atoms with E-state index in [1.54, 1.807) is 12.1 Å². The highest BCUT2D eigenvalue weighted by molar-refractivity contribution is 5.78. The highest BCUT2D eigenvalue weighted by Gasteiger charge is 2.54. The van der Waals surface area contributed by atoms with Gasteiger partial charge < -0.3 is 14.9 Å². The second-order valence-corrected chi connectivity index (χ2v) is 7.34. The molecule has 4 heteroatoms. The third-order valence-electron chi connectivity index (χ3n) is 6.34. The van der Waals surface area contributed by atoms with E-state index in [-0.39, 0.29) is 22.9 Å². The molecule has 0 amide bonds. The molecule has 0 unspecified atom stereocenters. The van der Waals surface area contributed by atoms with Gasteiger partial charge in [-0.2, -0.15) is 0 Å². The number of rotatable bonds is 0. The Bertz CT molecular complexity index is 638. The van der Waals surface area contributed by atoms with E-state index in [1.165, 1.54) is 5.56 Å². The number of fused-ring (bicyclic) bond motifs is 5. The summed E-state index contributed by atoms with van der Waals surface area (Å²) < 4.78 is 5.32. The topological polar surface area (TPSA) is 66.8 Å². The smallest absolute Gasteiger partial charge is 0.312 e. The normalized spacial score (nSPS) is 36.8. The monoisotopic (exact) mass is 302 g/mol. The van der Waals surface area contributed by atoms with E-state index >= 15 is 0 Å². The Kier molecular flexibility index (Phi) is 2.94. The van der Waals surface area contributed by atoms with Crippen LogP contribution in [-0.2, 0) is 16.0 Å². The first-order chi connectivity index (χ1) is 10.5. The van der Waals surface area contributed by atoms with Crippen LogP contribution in [0.15, 0.2) is 12.1 Å². The standard InChI is InChI=1S/C18H22O4/c1-18-6-4-11-12(14(18)5-7-22-17(18)21)3-2-10-8-15(19)16(20)9-13(10)11/h8-9,11-12,14,19-20H,2-7H2,1H3/t11-,12+,14-,18-/m0/s1. The lowest BCUT2D eigenvalue weighted by Crippen LogP contribution is -2.50. The summed E-state index contributed by atoms with van der Waals surface area (Å²) >= 11 is 0. The minimum Gasteiger partial charge on any atom is -0.504 e. The molecular weight excluding hydrogens is 280 g/mol. The number of aromatic hydroxyl groups is 2. The average Bonchev–Trinajstić information content (AvgIpc) is 2.49. The molecular formula is C18H22O4. The van der Waals surface area contributed by atoms with Gasteiger partial charge in [-0.1, -0.05) is 0 Å². The van der Waals surface area contributed by atoms with Crippen LogP contribution in [0.1, 0.15) is 49.7 Å². The first kappa shape index (κ1) is 13.9. The Morgan fingerprint density at radius 1 is 1.18 bits per heavy atom. The molecule has 118 valence electrons. The summed E-state index contributed by atoms with van der Waals surface area (Å²) in [5.41, 5.74) is 1.99. The number of hydrogen-bond donors (Lipinski definition) is 2. The molecule has 3 aliphatic rings. The van der Waals surface area contributed by atoms with Crippen molar-refractivity contribution < 1.29 is 19.7 Å². The molecule has 4 atom stereocenters. The van der Waals surface area contributed by atoms with Gasteiger partial charge >= 0.3 is 5.97 Å². The number of carbonyl (C=O) groups excluding carboxylic acids is 1. The van der Waals surface area contributed by atoms with Gasteiger partial charge in [0.2, 0.25) is 0 Å². The third kappa shape index (κ3) is 1.79. The molecule has 22 heavy (non-hydrogen) atoms. The van der Waals surface area contributed by atoms with E-state index in [0.29, 0.717) is 24.4 Å². The molecule has 4 nitrogen and oxygen atoms in total. The Hall–Kier alpha value is -1.71. The molecule has 2 fully saturated rings. The summed E-state index contributed by atoms with van der Waals surface area (Å²) in [6.07, 6.45) is 4.70. The summed E-state index contributed by atoms with van der Waals surface area (Å²) in [6.45, 7) is 2.61. The van der Waals surface area contributed by atoms with Crippen LogP contribution in [-0.4, -0.2) is 22.8 Å². The van der Waals surface area contributed by atoms with Crippen LogP contribution in [0, 0.1) is 17.3 Å². The SMILES string of the molecule is C[C@]12CC[C@@H]3c4cc(O)c(O)cc4CC[C@H]3[C@@H]1CCOC2=O. The number of esters is 1. The zero-order valence-corrected chi connectivity index (χ0v) is 12.8. The lowest BCUT2D eigenvalue weighted by atomic mass is 9.53. The van der Waals surface area contributed by atoms with Crippen LogP contribution in [0.3, 0.4) is 0 Å². The molecule has 1 aromatic carbocycles. The minimum atomic E-state index is -0.337. The van der Waals surface area contributed by atoms with Gasteiger partial charge in [0.1, 0.15) is 0 Å². The zero-order chi connectivity index (χ0) is 15.5. The minimum absolute atomic E-state index is 0.0263. The molecule has 1 saturated carbocycles. The molecule has 1 aromatic rings. The molecule has 0 spiro atoms. The second kappa shape index (κ2) is 4.64. The summed E-state index contributed by atoms with van der Waals surface area (Å²) in [4.78, 5) is 12.3. The van der Waals surface area contributed by atoms with E-state index in [9.17, 15) is 15.0 Å². The Morgan fingerprint density at radius 2 is 1.95 bits per heavy atom. The van der Waals surface area contributed by atoms with Crippen LogP contribution in [0.4, 0.5) is 0 Å². The predicted octanol–water partition coefficient (Wildman–Crippen LogP) is 3.11. The van der Waals surface area contributed by atoms with Crippen molar-refractivity contribution in [3.63, 3.8) is 0 Å². The molecule has 0 bridgehead atoms. The molecule has 2 aliphatic carbocycles. The summed E-state index contributed by atoms with van der Waals surface area (Å²) in [5.74, 6) is 1.15. The summed E-state index contributed by atoms with van der Waals surface area (Å²) in [5, 5.41) is 19.6. The van der Waals surface area contributed by atoms with E-state index in [2.05, 4.69) is 6.92 Å². The van der Waals surface area contributed by atoms with E-state index < -0.39 is 0 Å². The number of aryl methyl sites for hydroxylation is 1. The second-order valence-electron chi connectivity index (χ2n) is 7.34. The molecule has 0 radical (unpaired) electrons. The quantitative estimate of drug-likeness (QED) is 0.571. The van der Waals surface area contributed by atoms with E-state index in [1.807, 2.05) is 0 Å². The fraction of sp³-hybridized carbons (Fsp3) is 0.611. The molecule has 1 saturated heterocycles. The van der Waals surface area contributed by atoms with Crippen LogP contribution in [0.5, 0.6) is 11.5 Å². The van der Waals surface area contributed by atoms with Crippen molar-refractivity contribution in [2.45, 2.75) is 44.9 Å². The molecule has 4 rings (SSSR count). The van der Waals surface area contributed by atoms with Crippen LogP contribution in [0.25, 0.3) is 0 Å². The average molecular weight is 302 g/mol. The van der Waals surface area contributed by atoms with Crippen molar-refractivity contribution in [3.05, 3.63) is 23.3 Å². The maximum Gasteiger partial charge on any atom is 0.312 e. The lowest BCUT2D eigenvalue weighted by molar-refractivity contribution is -0.174.